The van der Waals surface area contributed by atoms with Crippen LogP contribution in [0.1, 0.15) is 55.8 Å². The molecular formula is C21H26ClN3O5. The normalized spacial score (nSPS) is 10.6. The standard InChI is InChI=1S/C21H26ClN3O5/c1-5-8-23-19(26)15-7-6-14(22)11-16(15)25-20(27)18-12(2)17(13(3)24-18)21(28)30-10-9-29-4/h6-7,11,24H,5,8-10H2,1-4H3,(H,23,26)(H,25,27). The highest BCUT2D eigenvalue weighted by atomic mass is 35.5. The van der Waals surface area contributed by atoms with Gasteiger partial charge in [0.05, 0.1) is 23.4 Å². The molecule has 2 aromatic rings. The smallest absolute Gasteiger partial charge is 0.340 e. The minimum absolute atomic E-state index is 0.111. The quantitative estimate of drug-likeness (QED) is 0.412. The molecule has 0 aliphatic heterocycles. The maximum atomic E-state index is 12.9. The molecule has 0 spiro atoms. The number of aromatic amines is 1. The average Bonchev–Trinajstić information content (AvgIpc) is 3.00. The van der Waals surface area contributed by atoms with E-state index < -0.39 is 11.9 Å². The zero-order valence-electron chi connectivity index (χ0n) is 17.5. The summed E-state index contributed by atoms with van der Waals surface area (Å²) in [6.07, 6.45) is 0.783. The number of anilines is 1. The van der Waals surface area contributed by atoms with Crippen molar-refractivity contribution in [1.82, 2.24) is 10.3 Å². The first-order valence-electron chi connectivity index (χ1n) is 9.54. The Balaban J connectivity index is 2.27. The zero-order chi connectivity index (χ0) is 22.3. The van der Waals surface area contributed by atoms with E-state index in [-0.39, 0.29) is 30.5 Å². The second-order valence-electron chi connectivity index (χ2n) is 6.65. The molecule has 0 aliphatic carbocycles. The van der Waals surface area contributed by atoms with Gasteiger partial charge in [0.2, 0.25) is 0 Å². The van der Waals surface area contributed by atoms with Crippen molar-refractivity contribution in [3.05, 3.63) is 51.3 Å². The summed E-state index contributed by atoms with van der Waals surface area (Å²) in [5.74, 6) is -1.36. The maximum Gasteiger partial charge on any atom is 0.340 e. The molecule has 9 heteroatoms. The SMILES string of the molecule is CCCNC(=O)c1ccc(Cl)cc1NC(=O)c1[nH]c(C)c(C(=O)OCCOC)c1C. The highest BCUT2D eigenvalue weighted by Gasteiger charge is 2.24. The van der Waals surface area contributed by atoms with Crippen molar-refractivity contribution in [2.75, 3.05) is 32.2 Å². The lowest BCUT2D eigenvalue weighted by Crippen LogP contribution is -2.26. The van der Waals surface area contributed by atoms with Crippen molar-refractivity contribution in [3.63, 3.8) is 0 Å². The van der Waals surface area contributed by atoms with Gasteiger partial charge >= 0.3 is 5.97 Å². The number of H-pyrrole nitrogens is 1. The number of benzene rings is 1. The van der Waals surface area contributed by atoms with Gasteiger partial charge in [0.25, 0.3) is 11.8 Å². The van der Waals surface area contributed by atoms with Gasteiger partial charge in [0.15, 0.2) is 0 Å². The van der Waals surface area contributed by atoms with Gasteiger partial charge in [-0.1, -0.05) is 18.5 Å². The molecule has 3 N–H and O–H groups in total. The number of amides is 2. The summed E-state index contributed by atoms with van der Waals surface area (Å²) in [5, 5.41) is 5.86. The summed E-state index contributed by atoms with van der Waals surface area (Å²) in [6.45, 7) is 6.17. The second kappa shape index (κ2) is 10.8. The van der Waals surface area contributed by atoms with Crippen molar-refractivity contribution in [1.29, 1.82) is 0 Å². The van der Waals surface area contributed by atoms with Crippen LogP contribution in [0.4, 0.5) is 5.69 Å². The van der Waals surface area contributed by atoms with Crippen LogP contribution in [0.3, 0.4) is 0 Å². The number of methoxy groups -OCH3 is 1. The Labute approximate surface area is 180 Å². The third-order valence-electron chi connectivity index (χ3n) is 4.40. The number of rotatable bonds is 9. The molecule has 0 saturated heterocycles. The van der Waals surface area contributed by atoms with Gasteiger partial charge in [-0.05, 0) is 44.0 Å². The second-order valence-corrected chi connectivity index (χ2v) is 7.09. The van der Waals surface area contributed by atoms with Gasteiger partial charge in [-0.2, -0.15) is 0 Å². The summed E-state index contributed by atoms with van der Waals surface area (Å²) >= 11 is 6.06. The zero-order valence-corrected chi connectivity index (χ0v) is 18.2. The van der Waals surface area contributed by atoms with Crippen LogP contribution in [0.2, 0.25) is 5.02 Å². The van der Waals surface area contributed by atoms with E-state index in [9.17, 15) is 14.4 Å². The van der Waals surface area contributed by atoms with Gasteiger partial charge < -0.3 is 25.1 Å². The van der Waals surface area contributed by atoms with Gasteiger partial charge in [-0.25, -0.2) is 4.79 Å². The number of carbonyl (C=O) groups excluding carboxylic acids is 3. The van der Waals surface area contributed by atoms with Crippen LogP contribution in [0.5, 0.6) is 0 Å². The largest absolute Gasteiger partial charge is 0.460 e. The Bertz CT molecular complexity index is 939. The summed E-state index contributed by atoms with van der Waals surface area (Å²) in [5.41, 5.74) is 2.02. The predicted molar refractivity (Wildman–Crippen MR) is 114 cm³/mol. The first-order valence-corrected chi connectivity index (χ1v) is 9.92. The molecule has 8 nitrogen and oxygen atoms in total. The molecule has 0 fully saturated rings. The Morgan fingerprint density at radius 2 is 1.87 bits per heavy atom. The van der Waals surface area contributed by atoms with Crippen molar-refractivity contribution in [2.24, 2.45) is 0 Å². The molecule has 1 aromatic carbocycles. The Morgan fingerprint density at radius 3 is 2.53 bits per heavy atom. The van der Waals surface area contributed by atoms with E-state index in [1.54, 1.807) is 26.0 Å². The third-order valence-corrected chi connectivity index (χ3v) is 4.63. The number of aryl methyl sites for hydroxylation is 1. The molecule has 0 atom stereocenters. The third kappa shape index (κ3) is 5.61. The van der Waals surface area contributed by atoms with Crippen molar-refractivity contribution >= 4 is 35.1 Å². The molecule has 30 heavy (non-hydrogen) atoms. The van der Waals surface area contributed by atoms with Gasteiger partial charge in [0.1, 0.15) is 12.3 Å². The van der Waals surface area contributed by atoms with Crippen LogP contribution in [0.15, 0.2) is 18.2 Å². The van der Waals surface area contributed by atoms with Crippen LogP contribution in [0, 0.1) is 13.8 Å². The average molecular weight is 436 g/mol. The lowest BCUT2D eigenvalue weighted by molar-refractivity contribution is 0.0386. The van der Waals surface area contributed by atoms with E-state index in [0.717, 1.165) is 6.42 Å². The van der Waals surface area contributed by atoms with Crippen molar-refractivity contribution < 1.29 is 23.9 Å². The molecule has 0 unspecified atom stereocenters. The van der Waals surface area contributed by atoms with Gasteiger partial charge in [0, 0.05) is 24.4 Å². The summed E-state index contributed by atoms with van der Waals surface area (Å²) < 4.78 is 10.0. The van der Waals surface area contributed by atoms with Crippen LogP contribution in [-0.4, -0.2) is 49.6 Å². The fourth-order valence-electron chi connectivity index (χ4n) is 2.91. The summed E-state index contributed by atoms with van der Waals surface area (Å²) in [6, 6.07) is 4.63. The number of carbonyl (C=O) groups is 3. The molecule has 2 rings (SSSR count). The fourth-order valence-corrected chi connectivity index (χ4v) is 3.08. The highest BCUT2D eigenvalue weighted by molar-refractivity contribution is 6.31. The van der Waals surface area contributed by atoms with E-state index in [1.807, 2.05) is 6.92 Å². The highest BCUT2D eigenvalue weighted by Crippen LogP contribution is 2.24. The fraction of sp³-hybridized carbons (Fsp3) is 0.381. The first-order chi connectivity index (χ1) is 14.3. The minimum Gasteiger partial charge on any atom is -0.460 e. The molecule has 0 radical (unpaired) electrons. The molecule has 1 heterocycles. The molecule has 1 aromatic heterocycles. The summed E-state index contributed by atoms with van der Waals surface area (Å²) in [7, 11) is 1.51. The lowest BCUT2D eigenvalue weighted by atomic mass is 10.1. The molecule has 162 valence electrons. The first kappa shape index (κ1) is 23.4. The Hall–Kier alpha value is -2.84. The Morgan fingerprint density at radius 1 is 1.13 bits per heavy atom. The van der Waals surface area contributed by atoms with E-state index in [0.29, 0.717) is 34.0 Å². The molecular weight excluding hydrogens is 410 g/mol. The summed E-state index contributed by atoms with van der Waals surface area (Å²) in [4.78, 5) is 40.6. The van der Waals surface area contributed by atoms with Gasteiger partial charge in [-0.15, -0.1) is 0 Å². The maximum absolute atomic E-state index is 12.9. The van der Waals surface area contributed by atoms with E-state index in [4.69, 9.17) is 21.1 Å². The number of halogens is 1. The van der Waals surface area contributed by atoms with Crippen molar-refractivity contribution in [2.45, 2.75) is 27.2 Å². The van der Waals surface area contributed by atoms with Gasteiger partial charge in [-0.3, -0.25) is 9.59 Å². The van der Waals surface area contributed by atoms with Crippen LogP contribution < -0.4 is 10.6 Å². The topological polar surface area (TPSA) is 110 Å². The van der Waals surface area contributed by atoms with Crippen LogP contribution >= 0.6 is 11.6 Å². The minimum atomic E-state index is -0.542. The number of nitrogens with one attached hydrogen (secondary N) is 3. The van der Waals surface area contributed by atoms with E-state index in [2.05, 4.69) is 15.6 Å². The molecule has 0 aliphatic rings. The van der Waals surface area contributed by atoms with Crippen molar-refractivity contribution in [3.8, 4) is 0 Å². The number of hydrogen-bond acceptors (Lipinski definition) is 5. The Kier molecular flexibility index (Phi) is 8.44. The number of esters is 1. The number of ether oxygens (including phenoxy) is 2. The number of hydrogen-bond donors (Lipinski definition) is 3. The van der Waals surface area contributed by atoms with Crippen LogP contribution in [-0.2, 0) is 9.47 Å². The molecule has 2 amide bonds. The predicted octanol–water partition coefficient (Wildman–Crippen LogP) is 3.48. The van der Waals surface area contributed by atoms with E-state index >= 15 is 0 Å². The number of aromatic nitrogens is 1. The molecule has 0 saturated carbocycles. The monoisotopic (exact) mass is 435 g/mol. The van der Waals surface area contributed by atoms with Crippen LogP contribution in [0.25, 0.3) is 0 Å². The van der Waals surface area contributed by atoms with E-state index in [1.165, 1.54) is 13.2 Å². The molecule has 0 bridgehead atoms. The lowest BCUT2D eigenvalue weighted by Gasteiger charge is -2.12.